The molecule has 1 heterocycles. The van der Waals surface area contributed by atoms with Gasteiger partial charge < -0.3 is 10.5 Å². The van der Waals surface area contributed by atoms with Crippen molar-refractivity contribution < 1.29 is 9.53 Å². The van der Waals surface area contributed by atoms with Gasteiger partial charge in [0.1, 0.15) is 5.75 Å². The van der Waals surface area contributed by atoms with E-state index in [-0.39, 0.29) is 0 Å². The number of carbonyl (C=O) groups excluding carboxylic acids is 1. The summed E-state index contributed by atoms with van der Waals surface area (Å²) in [5.41, 5.74) is 7.27. The van der Waals surface area contributed by atoms with Crippen LogP contribution in [0.3, 0.4) is 0 Å². The molecular weight excluding hydrogens is 264 g/mol. The zero-order valence-electron chi connectivity index (χ0n) is 12.7. The Labute approximate surface area is 126 Å². The molecule has 1 aliphatic heterocycles. The fourth-order valence-corrected chi connectivity index (χ4v) is 2.74. The molecule has 1 aromatic rings. The Bertz CT molecular complexity index is 504. The summed E-state index contributed by atoms with van der Waals surface area (Å²) in [5.74, 6) is 0.468. The molecule has 1 saturated heterocycles. The number of methoxy groups -OCH3 is 1. The maximum atomic E-state index is 10.8. The van der Waals surface area contributed by atoms with Gasteiger partial charge in [-0.25, -0.2) is 0 Å². The molecule has 0 aromatic heterocycles. The first-order chi connectivity index (χ1) is 10.2. The van der Waals surface area contributed by atoms with Crippen molar-refractivity contribution in [1.29, 1.82) is 0 Å². The summed E-state index contributed by atoms with van der Waals surface area (Å²) in [4.78, 5) is 13.3. The number of hydrogen-bond donors (Lipinski definition) is 1. The number of benzene rings is 1. The van der Waals surface area contributed by atoms with Gasteiger partial charge in [0.2, 0.25) is 5.91 Å². The van der Waals surface area contributed by atoms with E-state index in [2.05, 4.69) is 11.0 Å². The summed E-state index contributed by atoms with van der Waals surface area (Å²) < 4.78 is 5.46. The number of rotatable bonds is 5. The molecule has 4 nitrogen and oxygen atoms in total. The van der Waals surface area contributed by atoms with Crippen molar-refractivity contribution in [2.75, 3.05) is 20.2 Å². The lowest BCUT2D eigenvalue weighted by molar-refractivity contribution is -0.113. The van der Waals surface area contributed by atoms with E-state index in [1.54, 1.807) is 13.2 Å². The average Bonchev–Trinajstić information content (AvgIpc) is 2.74. The minimum atomic E-state index is -0.431. The molecule has 1 aliphatic rings. The quantitative estimate of drug-likeness (QED) is 0.847. The number of amides is 1. The van der Waals surface area contributed by atoms with Crippen LogP contribution >= 0.6 is 0 Å². The molecule has 21 heavy (non-hydrogen) atoms. The number of ether oxygens (including phenoxy) is 1. The van der Waals surface area contributed by atoms with Gasteiger partial charge in [0.25, 0.3) is 0 Å². The summed E-state index contributed by atoms with van der Waals surface area (Å²) >= 11 is 0. The van der Waals surface area contributed by atoms with E-state index < -0.39 is 5.91 Å². The largest absolute Gasteiger partial charge is 0.496 e. The molecule has 4 heteroatoms. The average molecular weight is 288 g/mol. The van der Waals surface area contributed by atoms with Crippen LogP contribution in [0.25, 0.3) is 6.08 Å². The lowest BCUT2D eigenvalue weighted by Crippen LogP contribution is -2.24. The summed E-state index contributed by atoms with van der Waals surface area (Å²) in [6, 6.07) is 5.96. The van der Waals surface area contributed by atoms with Gasteiger partial charge in [-0.2, -0.15) is 0 Å². The first-order valence-corrected chi connectivity index (χ1v) is 7.56. The minimum absolute atomic E-state index is 0.431. The Morgan fingerprint density at radius 1 is 1.29 bits per heavy atom. The number of carbonyl (C=O) groups is 1. The van der Waals surface area contributed by atoms with Crippen LogP contribution in [-0.4, -0.2) is 31.0 Å². The predicted molar refractivity (Wildman–Crippen MR) is 85.0 cm³/mol. The van der Waals surface area contributed by atoms with Crippen molar-refractivity contribution in [3.63, 3.8) is 0 Å². The Morgan fingerprint density at radius 2 is 2.00 bits per heavy atom. The third-order valence-corrected chi connectivity index (χ3v) is 3.84. The molecule has 0 radical (unpaired) electrons. The topological polar surface area (TPSA) is 55.6 Å². The van der Waals surface area contributed by atoms with E-state index in [0.29, 0.717) is 0 Å². The minimum Gasteiger partial charge on any atom is -0.496 e. The fraction of sp³-hybridized carbons (Fsp3) is 0.471. The molecule has 0 saturated carbocycles. The van der Waals surface area contributed by atoms with Gasteiger partial charge in [-0.1, -0.05) is 18.9 Å². The van der Waals surface area contributed by atoms with E-state index in [1.807, 2.05) is 12.1 Å². The van der Waals surface area contributed by atoms with E-state index in [9.17, 15) is 4.79 Å². The van der Waals surface area contributed by atoms with Crippen LogP contribution in [0.2, 0.25) is 0 Å². The molecule has 1 fully saturated rings. The molecule has 0 atom stereocenters. The van der Waals surface area contributed by atoms with Crippen molar-refractivity contribution >= 4 is 12.0 Å². The van der Waals surface area contributed by atoms with Crippen molar-refractivity contribution in [2.24, 2.45) is 5.73 Å². The maximum Gasteiger partial charge on any atom is 0.241 e. The number of nitrogens with zero attached hydrogens (tertiary/aromatic N) is 1. The summed E-state index contributed by atoms with van der Waals surface area (Å²) in [5, 5.41) is 0. The van der Waals surface area contributed by atoms with Gasteiger partial charge in [0.05, 0.1) is 7.11 Å². The Kier molecular flexibility index (Phi) is 5.81. The second-order valence-corrected chi connectivity index (χ2v) is 5.50. The molecule has 1 aromatic carbocycles. The van der Waals surface area contributed by atoms with Gasteiger partial charge in [0, 0.05) is 18.2 Å². The Balaban J connectivity index is 2.14. The van der Waals surface area contributed by atoms with Crippen molar-refractivity contribution in [3.05, 3.63) is 35.4 Å². The second-order valence-electron chi connectivity index (χ2n) is 5.50. The van der Waals surface area contributed by atoms with Crippen molar-refractivity contribution in [1.82, 2.24) is 4.90 Å². The standard InChI is InChI=1S/C17H24N2O2/c1-21-16-8-6-14(7-9-17(18)20)12-15(16)13-19-10-4-2-3-5-11-19/h6-9,12H,2-5,10-11,13H2,1H3,(H2,18,20)/b9-7-. The molecule has 114 valence electrons. The first-order valence-electron chi connectivity index (χ1n) is 7.56. The molecule has 2 N–H and O–H groups in total. The number of hydrogen-bond acceptors (Lipinski definition) is 3. The van der Waals surface area contributed by atoms with Gasteiger partial charge in [-0.05, 0) is 49.7 Å². The molecule has 0 unspecified atom stereocenters. The van der Waals surface area contributed by atoms with E-state index >= 15 is 0 Å². The van der Waals surface area contributed by atoms with Gasteiger partial charge in [-0.3, -0.25) is 9.69 Å². The lowest BCUT2D eigenvalue weighted by Gasteiger charge is -2.21. The number of likely N-dealkylation sites (tertiary alicyclic amines) is 1. The maximum absolute atomic E-state index is 10.8. The first kappa shape index (κ1) is 15.6. The second kappa shape index (κ2) is 7.84. The molecule has 0 aliphatic carbocycles. The third kappa shape index (κ3) is 4.90. The summed E-state index contributed by atoms with van der Waals surface area (Å²) in [7, 11) is 1.69. The van der Waals surface area contributed by atoms with Crippen LogP contribution in [0.1, 0.15) is 36.8 Å². The van der Waals surface area contributed by atoms with Crippen LogP contribution in [0, 0.1) is 0 Å². The summed E-state index contributed by atoms with van der Waals surface area (Å²) in [6.45, 7) is 3.18. The molecule has 0 spiro atoms. The fourth-order valence-electron chi connectivity index (χ4n) is 2.74. The zero-order valence-corrected chi connectivity index (χ0v) is 12.7. The van der Waals surface area contributed by atoms with Crippen LogP contribution in [-0.2, 0) is 11.3 Å². The van der Waals surface area contributed by atoms with Crippen LogP contribution < -0.4 is 10.5 Å². The molecule has 1 amide bonds. The molecular formula is C17H24N2O2. The van der Waals surface area contributed by atoms with E-state index in [0.717, 1.165) is 36.5 Å². The molecule has 2 rings (SSSR count). The number of primary amides is 1. The molecule has 0 bridgehead atoms. The SMILES string of the molecule is COc1ccc(/C=C\C(N)=O)cc1CN1CCCCCC1. The van der Waals surface area contributed by atoms with Crippen LogP contribution in [0.5, 0.6) is 5.75 Å². The number of nitrogens with two attached hydrogens (primary N) is 1. The Hall–Kier alpha value is -1.81. The lowest BCUT2D eigenvalue weighted by atomic mass is 10.1. The highest BCUT2D eigenvalue weighted by atomic mass is 16.5. The highest BCUT2D eigenvalue weighted by molar-refractivity contribution is 5.90. The smallest absolute Gasteiger partial charge is 0.241 e. The van der Waals surface area contributed by atoms with E-state index in [1.165, 1.54) is 31.8 Å². The van der Waals surface area contributed by atoms with Gasteiger partial charge in [0.15, 0.2) is 0 Å². The van der Waals surface area contributed by atoms with Gasteiger partial charge >= 0.3 is 0 Å². The third-order valence-electron chi connectivity index (χ3n) is 3.84. The predicted octanol–water partition coefficient (Wildman–Crippen LogP) is 2.57. The monoisotopic (exact) mass is 288 g/mol. The highest BCUT2D eigenvalue weighted by Crippen LogP contribution is 2.23. The Morgan fingerprint density at radius 3 is 2.62 bits per heavy atom. The van der Waals surface area contributed by atoms with E-state index in [4.69, 9.17) is 10.5 Å². The summed E-state index contributed by atoms with van der Waals surface area (Å²) in [6.07, 6.45) is 8.32. The normalized spacial score (nSPS) is 16.8. The van der Waals surface area contributed by atoms with Crippen molar-refractivity contribution in [3.8, 4) is 5.75 Å². The zero-order chi connectivity index (χ0) is 15.1. The van der Waals surface area contributed by atoms with Crippen LogP contribution in [0.4, 0.5) is 0 Å². The highest BCUT2D eigenvalue weighted by Gasteiger charge is 2.12. The van der Waals surface area contributed by atoms with Crippen molar-refractivity contribution in [2.45, 2.75) is 32.2 Å². The van der Waals surface area contributed by atoms with Crippen LogP contribution in [0.15, 0.2) is 24.3 Å². The van der Waals surface area contributed by atoms with Gasteiger partial charge in [-0.15, -0.1) is 0 Å².